The van der Waals surface area contributed by atoms with Gasteiger partial charge in [-0.05, 0) is 41.3 Å². The van der Waals surface area contributed by atoms with Crippen molar-refractivity contribution in [2.45, 2.75) is 26.1 Å². The molecule has 0 bridgehead atoms. The number of aromatic nitrogens is 2. The second kappa shape index (κ2) is 10.8. The van der Waals surface area contributed by atoms with Gasteiger partial charge in [-0.15, -0.1) is 0 Å². The van der Waals surface area contributed by atoms with E-state index in [2.05, 4.69) is 44.6 Å². The number of ether oxygens (including phenoxy) is 2. The lowest BCUT2D eigenvalue weighted by molar-refractivity contribution is 0.0945. The molecule has 0 fully saturated rings. The number of aromatic amines is 1. The molecule has 5 aromatic rings. The van der Waals surface area contributed by atoms with Crippen molar-refractivity contribution in [2.24, 2.45) is 0 Å². The normalized spacial score (nSPS) is 12.3. The van der Waals surface area contributed by atoms with Crippen LogP contribution in [0.1, 0.15) is 33.1 Å². The van der Waals surface area contributed by atoms with E-state index in [4.69, 9.17) is 13.9 Å². The Kier molecular flexibility index (Phi) is 6.78. The van der Waals surface area contributed by atoms with Gasteiger partial charge < -0.3 is 24.2 Å². The predicted molar refractivity (Wildman–Crippen MR) is 143 cm³/mol. The molecule has 1 aliphatic heterocycles. The number of fused-ring (bicyclic) bond motifs is 2. The average molecular weight is 509 g/mol. The van der Waals surface area contributed by atoms with E-state index in [1.165, 1.54) is 17.2 Å². The van der Waals surface area contributed by atoms with Gasteiger partial charge in [-0.3, -0.25) is 9.69 Å². The Hall–Kier alpha value is -4.56. The summed E-state index contributed by atoms with van der Waals surface area (Å²) in [5, 5.41) is 4.13. The third-order valence-corrected chi connectivity index (χ3v) is 6.65. The summed E-state index contributed by atoms with van der Waals surface area (Å²) in [6.07, 6.45) is 4.34. The van der Waals surface area contributed by atoms with Crippen LogP contribution < -0.4 is 14.8 Å². The minimum Gasteiger partial charge on any atom is -0.454 e. The van der Waals surface area contributed by atoms with Crippen LogP contribution in [0.15, 0.2) is 89.7 Å². The molecule has 1 aliphatic rings. The summed E-state index contributed by atoms with van der Waals surface area (Å²) < 4.78 is 16.8. The van der Waals surface area contributed by atoms with Crippen LogP contribution >= 0.6 is 0 Å². The Balaban J connectivity index is 1.15. The minimum absolute atomic E-state index is 0.245. The fourth-order valence-corrected chi connectivity index (χ4v) is 4.68. The Labute approximate surface area is 220 Å². The molecule has 8 heteroatoms. The number of carbonyl (C=O) groups excluding carboxylic acids is 1. The number of hydrogen-bond donors (Lipinski definition) is 2. The summed E-state index contributed by atoms with van der Waals surface area (Å²) in [5.74, 6) is 1.75. The van der Waals surface area contributed by atoms with Crippen molar-refractivity contribution < 1.29 is 18.7 Å². The molecular weight excluding hydrogens is 480 g/mol. The van der Waals surface area contributed by atoms with Gasteiger partial charge in [0, 0.05) is 36.7 Å². The lowest BCUT2D eigenvalue weighted by Crippen LogP contribution is -2.26. The van der Waals surface area contributed by atoms with E-state index in [0.717, 1.165) is 41.1 Å². The highest BCUT2D eigenvalue weighted by Gasteiger charge is 2.18. The van der Waals surface area contributed by atoms with E-state index in [1.807, 2.05) is 54.6 Å². The van der Waals surface area contributed by atoms with Crippen molar-refractivity contribution in [3.8, 4) is 11.5 Å². The van der Waals surface area contributed by atoms with Gasteiger partial charge in [0.2, 0.25) is 12.7 Å². The summed E-state index contributed by atoms with van der Waals surface area (Å²) in [7, 11) is 0. The van der Waals surface area contributed by atoms with Gasteiger partial charge in [0.05, 0.1) is 6.54 Å². The first-order valence-electron chi connectivity index (χ1n) is 12.6. The highest BCUT2D eigenvalue weighted by Crippen LogP contribution is 2.33. The first-order chi connectivity index (χ1) is 18.7. The Morgan fingerprint density at radius 3 is 2.71 bits per heavy atom. The Morgan fingerprint density at radius 2 is 1.79 bits per heavy atom. The second-order valence-electron chi connectivity index (χ2n) is 9.30. The van der Waals surface area contributed by atoms with Crippen LogP contribution in [0.5, 0.6) is 11.5 Å². The van der Waals surface area contributed by atoms with Crippen LogP contribution in [0.4, 0.5) is 0 Å². The summed E-state index contributed by atoms with van der Waals surface area (Å²) in [4.78, 5) is 22.7. The predicted octanol–water partition coefficient (Wildman–Crippen LogP) is 5.06. The van der Waals surface area contributed by atoms with Gasteiger partial charge in [-0.1, -0.05) is 54.6 Å². The third kappa shape index (κ3) is 5.40. The van der Waals surface area contributed by atoms with E-state index in [9.17, 15) is 4.79 Å². The van der Waals surface area contributed by atoms with E-state index < -0.39 is 0 Å². The minimum atomic E-state index is -0.259. The fourth-order valence-electron chi connectivity index (χ4n) is 4.68. The molecule has 192 valence electrons. The second-order valence-corrected chi connectivity index (χ2v) is 9.30. The SMILES string of the molecule is O=C(NCc1ccccc1)c1coc(CN(CCc2c[nH]c3ccccc23)Cc2ccc3c(c2)OCO3)n1. The molecule has 6 rings (SSSR count). The molecule has 2 N–H and O–H groups in total. The van der Waals surface area contributed by atoms with Crippen molar-refractivity contribution >= 4 is 16.8 Å². The smallest absolute Gasteiger partial charge is 0.273 e. The van der Waals surface area contributed by atoms with Gasteiger partial charge in [-0.2, -0.15) is 0 Å². The Morgan fingerprint density at radius 1 is 0.947 bits per heavy atom. The molecule has 0 spiro atoms. The first kappa shape index (κ1) is 23.8. The molecule has 8 nitrogen and oxygen atoms in total. The number of nitrogens with one attached hydrogen (secondary N) is 2. The maximum Gasteiger partial charge on any atom is 0.273 e. The van der Waals surface area contributed by atoms with Crippen LogP contribution in [-0.2, 0) is 26.1 Å². The number of nitrogens with zero attached hydrogens (tertiary/aromatic N) is 2. The molecule has 0 saturated heterocycles. The van der Waals surface area contributed by atoms with Gasteiger partial charge >= 0.3 is 0 Å². The molecule has 3 heterocycles. The average Bonchev–Trinajstić information content (AvgIpc) is 3.71. The number of H-pyrrole nitrogens is 1. The zero-order valence-electron chi connectivity index (χ0n) is 20.9. The number of carbonyl (C=O) groups is 1. The monoisotopic (exact) mass is 508 g/mol. The molecule has 0 radical (unpaired) electrons. The van der Waals surface area contributed by atoms with Gasteiger partial charge in [-0.25, -0.2) is 4.98 Å². The molecule has 0 unspecified atom stereocenters. The molecule has 38 heavy (non-hydrogen) atoms. The van der Waals surface area contributed by atoms with Crippen LogP contribution in [-0.4, -0.2) is 34.1 Å². The number of benzene rings is 3. The van der Waals surface area contributed by atoms with Gasteiger partial charge in [0.1, 0.15) is 6.26 Å². The van der Waals surface area contributed by atoms with E-state index >= 15 is 0 Å². The summed E-state index contributed by atoms with van der Waals surface area (Å²) in [6.45, 7) is 2.57. The molecule has 0 aliphatic carbocycles. The third-order valence-electron chi connectivity index (χ3n) is 6.65. The molecule has 1 amide bonds. The Bertz CT molecular complexity index is 1540. The molecule has 0 saturated carbocycles. The summed E-state index contributed by atoms with van der Waals surface area (Å²) in [6, 6.07) is 24.1. The highest BCUT2D eigenvalue weighted by atomic mass is 16.7. The van der Waals surface area contributed by atoms with Crippen LogP contribution in [0.2, 0.25) is 0 Å². The zero-order chi connectivity index (χ0) is 25.7. The quantitative estimate of drug-likeness (QED) is 0.274. The largest absolute Gasteiger partial charge is 0.454 e. The molecule has 2 aromatic heterocycles. The maximum absolute atomic E-state index is 12.6. The van der Waals surface area contributed by atoms with E-state index in [0.29, 0.717) is 25.5 Å². The number of para-hydroxylation sites is 1. The highest BCUT2D eigenvalue weighted by molar-refractivity contribution is 5.91. The van der Waals surface area contributed by atoms with Crippen molar-refractivity contribution in [3.05, 3.63) is 114 Å². The van der Waals surface area contributed by atoms with Crippen LogP contribution in [0.25, 0.3) is 10.9 Å². The van der Waals surface area contributed by atoms with Crippen LogP contribution in [0.3, 0.4) is 0 Å². The lowest BCUT2D eigenvalue weighted by atomic mass is 10.1. The van der Waals surface area contributed by atoms with E-state index in [1.54, 1.807) is 0 Å². The van der Waals surface area contributed by atoms with Crippen molar-refractivity contribution in [1.29, 1.82) is 0 Å². The van der Waals surface area contributed by atoms with Crippen molar-refractivity contribution in [1.82, 2.24) is 20.2 Å². The van der Waals surface area contributed by atoms with Gasteiger partial charge in [0.15, 0.2) is 17.2 Å². The summed E-state index contributed by atoms with van der Waals surface area (Å²) in [5.41, 5.74) is 4.78. The first-order valence-corrected chi connectivity index (χ1v) is 12.6. The molecular formula is C30H28N4O4. The number of oxazole rings is 1. The zero-order valence-corrected chi connectivity index (χ0v) is 20.9. The lowest BCUT2D eigenvalue weighted by Gasteiger charge is -2.21. The molecule has 0 atom stereocenters. The topological polar surface area (TPSA) is 92.6 Å². The van der Waals surface area contributed by atoms with Crippen molar-refractivity contribution in [3.63, 3.8) is 0 Å². The van der Waals surface area contributed by atoms with Crippen LogP contribution in [0, 0.1) is 0 Å². The standard InChI is InChI=1S/C30H28N4O4/c35-30(32-15-21-6-2-1-3-7-21)26-19-36-29(33-26)18-34(17-22-10-11-27-28(14-22)38-20-37-27)13-12-23-16-31-25-9-5-4-8-24(23)25/h1-11,14,16,19,31H,12-13,15,17-18,20H2,(H,32,35). The fraction of sp³-hybridized carbons (Fsp3) is 0.200. The number of amides is 1. The van der Waals surface area contributed by atoms with E-state index in [-0.39, 0.29) is 18.4 Å². The summed E-state index contributed by atoms with van der Waals surface area (Å²) >= 11 is 0. The molecule has 3 aromatic carbocycles. The number of hydrogen-bond acceptors (Lipinski definition) is 6. The number of rotatable bonds is 10. The van der Waals surface area contributed by atoms with Gasteiger partial charge in [0.25, 0.3) is 5.91 Å². The maximum atomic E-state index is 12.6. The van der Waals surface area contributed by atoms with Crippen molar-refractivity contribution in [2.75, 3.05) is 13.3 Å².